The van der Waals surface area contributed by atoms with Crippen molar-refractivity contribution < 1.29 is 32.2 Å². The molecule has 3 amide bonds. The summed E-state index contributed by atoms with van der Waals surface area (Å²) in [7, 11) is 4.13. The lowest BCUT2D eigenvalue weighted by atomic mass is 9.69. The molecule has 41 heavy (non-hydrogen) atoms. The first-order valence-electron chi connectivity index (χ1n) is 13.7. The Hall–Kier alpha value is -3.35. The van der Waals surface area contributed by atoms with Crippen molar-refractivity contribution >= 4 is 33.3 Å². The molecule has 1 heterocycles. The molecule has 4 rings (SSSR count). The smallest absolute Gasteiger partial charge is 0.321 e. The van der Waals surface area contributed by atoms with Crippen LogP contribution in [0, 0.1) is 0 Å². The molecule has 0 atom stereocenters. The van der Waals surface area contributed by atoms with Crippen LogP contribution in [-0.2, 0) is 25.0 Å². The number of carbonyl (C=O) groups is 2. The number of hydrogen-bond donors (Lipinski definition) is 1. The molecule has 0 radical (unpaired) electrons. The van der Waals surface area contributed by atoms with E-state index in [2.05, 4.69) is 10.2 Å². The van der Waals surface area contributed by atoms with Crippen molar-refractivity contribution in [2.75, 3.05) is 64.7 Å². The lowest BCUT2D eigenvalue weighted by molar-refractivity contribution is -0.124. The third-order valence-electron chi connectivity index (χ3n) is 7.62. The Balaban J connectivity index is 1.70. The number of amides is 3. The molecule has 0 saturated heterocycles. The molecule has 1 aliphatic carbocycles. The molecule has 0 aromatic heterocycles. The molecule has 2 aromatic rings. The van der Waals surface area contributed by atoms with E-state index >= 15 is 0 Å². The molecule has 1 spiro atoms. The van der Waals surface area contributed by atoms with Crippen LogP contribution in [0.4, 0.5) is 16.2 Å². The Bertz CT molecular complexity index is 1390. The predicted molar refractivity (Wildman–Crippen MR) is 156 cm³/mol. The Morgan fingerprint density at radius 3 is 2.41 bits per heavy atom. The Labute approximate surface area is 242 Å². The lowest BCUT2D eigenvalue weighted by Crippen LogP contribution is -2.46. The Morgan fingerprint density at radius 1 is 1.10 bits per heavy atom. The molecule has 1 N–H and O–H groups in total. The number of nitrogens with zero attached hydrogens (tertiary/aromatic N) is 3. The van der Waals surface area contributed by atoms with Crippen molar-refractivity contribution in [3.63, 3.8) is 0 Å². The van der Waals surface area contributed by atoms with E-state index < -0.39 is 21.3 Å². The highest BCUT2D eigenvalue weighted by Gasteiger charge is 2.56. The first-order chi connectivity index (χ1) is 19.4. The van der Waals surface area contributed by atoms with Crippen LogP contribution in [0.5, 0.6) is 11.5 Å². The van der Waals surface area contributed by atoms with Crippen molar-refractivity contribution in [3.05, 3.63) is 42.0 Å². The zero-order chi connectivity index (χ0) is 29.9. The van der Waals surface area contributed by atoms with Gasteiger partial charge in [0.05, 0.1) is 37.5 Å². The molecule has 11 nitrogen and oxygen atoms in total. The van der Waals surface area contributed by atoms with Crippen LogP contribution < -0.4 is 19.1 Å². The quantitative estimate of drug-likeness (QED) is 0.447. The van der Waals surface area contributed by atoms with Crippen LogP contribution in [0.25, 0.3) is 0 Å². The molecular weight excluding hydrogens is 548 g/mol. The highest BCUT2D eigenvalue weighted by Crippen LogP contribution is 2.53. The molecule has 1 aliphatic heterocycles. The maximum absolute atomic E-state index is 14.3. The second kappa shape index (κ2) is 12.3. The van der Waals surface area contributed by atoms with Crippen molar-refractivity contribution in [2.24, 2.45) is 0 Å². The number of likely N-dealkylation sites (N-methyl/N-ethyl adjacent to an activating group) is 1. The van der Waals surface area contributed by atoms with Gasteiger partial charge in [0, 0.05) is 32.4 Å². The number of fused-ring (bicyclic) bond motifs is 2. The summed E-state index contributed by atoms with van der Waals surface area (Å²) in [4.78, 5) is 29.6. The summed E-state index contributed by atoms with van der Waals surface area (Å²) in [5, 5.41) is 2.68. The molecule has 2 aliphatic rings. The number of anilines is 2. The summed E-state index contributed by atoms with van der Waals surface area (Å²) >= 11 is 0. The van der Waals surface area contributed by atoms with E-state index in [1.807, 2.05) is 21.0 Å². The van der Waals surface area contributed by atoms with Gasteiger partial charge in [-0.2, -0.15) is 0 Å². The summed E-state index contributed by atoms with van der Waals surface area (Å²) in [5.41, 5.74) is 0.317. The van der Waals surface area contributed by atoms with Gasteiger partial charge in [-0.3, -0.25) is 4.79 Å². The van der Waals surface area contributed by atoms with Crippen LogP contribution in [0.3, 0.4) is 0 Å². The van der Waals surface area contributed by atoms with Crippen LogP contribution >= 0.6 is 0 Å². The van der Waals surface area contributed by atoms with Crippen LogP contribution in [-0.4, -0.2) is 91.3 Å². The average Bonchev–Trinajstić information content (AvgIpc) is 3.17. The molecule has 1 saturated carbocycles. The maximum Gasteiger partial charge on any atom is 0.321 e. The number of urea groups is 1. The highest BCUT2D eigenvalue weighted by molar-refractivity contribution is 7.93. The first-order valence-corrected chi connectivity index (χ1v) is 15.2. The van der Waals surface area contributed by atoms with E-state index in [9.17, 15) is 18.0 Å². The fourth-order valence-corrected chi connectivity index (χ4v) is 7.06. The minimum absolute atomic E-state index is 0.00238. The number of benzene rings is 2. The van der Waals surface area contributed by atoms with E-state index in [4.69, 9.17) is 14.2 Å². The van der Waals surface area contributed by atoms with Gasteiger partial charge in [0.25, 0.3) is 15.9 Å². The van der Waals surface area contributed by atoms with Gasteiger partial charge >= 0.3 is 6.03 Å². The summed E-state index contributed by atoms with van der Waals surface area (Å²) < 4.78 is 46.6. The number of carbonyl (C=O) groups excluding carboxylic acids is 2. The Morgan fingerprint density at radius 2 is 1.80 bits per heavy atom. The largest absolute Gasteiger partial charge is 0.495 e. The SMILES string of the molecule is CCOc1ccc2c(c1)C1(CCC(OCCN(C)C)CC1)C(=O)N2S(=O)(=O)c1ccc(NC(=O)N(C)C)cc1OC. The Kier molecular flexibility index (Phi) is 9.15. The molecule has 12 heteroatoms. The van der Waals surface area contributed by atoms with E-state index in [0.717, 1.165) is 10.8 Å². The molecule has 0 unspecified atom stereocenters. The van der Waals surface area contributed by atoms with Gasteiger partial charge in [-0.25, -0.2) is 17.5 Å². The average molecular weight is 589 g/mol. The maximum atomic E-state index is 14.3. The van der Waals surface area contributed by atoms with Gasteiger partial charge in [-0.1, -0.05) is 0 Å². The molecule has 2 aromatic carbocycles. The summed E-state index contributed by atoms with van der Waals surface area (Å²) in [6.45, 7) is 3.71. The molecule has 1 fully saturated rings. The minimum Gasteiger partial charge on any atom is -0.495 e. The van der Waals surface area contributed by atoms with Crippen molar-refractivity contribution in [1.82, 2.24) is 9.80 Å². The molecule has 0 bridgehead atoms. The summed E-state index contributed by atoms with van der Waals surface area (Å²) in [6, 6.07) is 9.01. The summed E-state index contributed by atoms with van der Waals surface area (Å²) in [6.07, 6.45) is 2.19. The standard InChI is InChI=1S/C29H40N4O7S/c1-7-39-22-9-10-24-23(19-22)29(14-12-21(13-15-29)40-17-16-31(2)3)27(34)33(24)41(36,37)26-11-8-20(18-25(26)38-6)30-28(35)32(4)5/h8-11,18-19,21H,7,12-17H2,1-6H3,(H,30,35). The van der Waals surface area contributed by atoms with E-state index in [1.54, 1.807) is 32.3 Å². The van der Waals surface area contributed by atoms with Crippen molar-refractivity contribution in [1.29, 1.82) is 0 Å². The number of nitrogens with one attached hydrogen (secondary N) is 1. The second-order valence-corrected chi connectivity index (χ2v) is 12.6. The summed E-state index contributed by atoms with van der Waals surface area (Å²) in [5.74, 6) is 0.112. The monoisotopic (exact) mass is 588 g/mol. The van der Waals surface area contributed by atoms with Crippen molar-refractivity contribution in [3.8, 4) is 11.5 Å². The predicted octanol–water partition coefficient (Wildman–Crippen LogP) is 3.68. The number of sulfonamides is 1. The van der Waals surface area contributed by atoms with E-state index in [1.165, 1.54) is 30.2 Å². The van der Waals surface area contributed by atoms with Gasteiger partial charge < -0.3 is 29.3 Å². The van der Waals surface area contributed by atoms with Gasteiger partial charge in [-0.05, 0) is 82.6 Å². The zero-order valence-corrected chi connectivity index (χ0v) is 25.4. The van der Waals surface area contributed by atoms with E-state index in [0.29, 0.717) is 61.6 Å². The third-order valence-corrected chi connectivity index (χ3v) is 9.36. The van der Waals surface area contributed by atoms with Gasteiger partial charge in [0.1, 0.15) is 16.4 Å². The van der Waals surface area contributed by atoms with Crippen molar-refractivity contribution in [2.45, 2.75) is 49.0 Å². The number of ether oxygens (including phenoxy) is 3. The van der Waals surface area contributed by atoms with Crippen LogP contribution in [0.15, 0.2) is 41.3 Å². The lowest BCUT2D eigenvalue weighted by Gasteiger charge is -2.36. The topological polar surface area (TPSA) is 118 Å². The fourth-order valence-electron chi connectivity index (χ4n) is 5.42. The van der Waals surface area contributed by atoms with Crippen LogP contribution in [0.1, 0.15) is 38.2 Å². The number of rotatable bonds is 10. The van der Waals surface area contributed by atoms with Crippen LogP contribution in [0.2, 0.25) is 0 Å². The van der Waals surface area contributed by atoms with Gasteiger partial charge in [0.15, 0.2) is 0 Å². The van der Waals surface area contributed by atoms with Gasteiger partial charge in [0.2, 0.25) is 0 Å². The zero-order valence-electron chi connectivity index (χ0n) is 24.6. The minimum atomic E-state index is -4.39. The first kappa shape index (κ1) is 30.6. The van der Waals surface area contributed by atoms with E-state index in [-0.39, 0.29) is 22.8 Å². The normalized spacial score (nSPS) is 20.3. The molecule has 224 valence electrons. The number of hydrogen-bond acceptors (Lipinski definition) is 8. The number of methoxy groups -OCH3 is 1. The third kappa shape index (κ3) is 6.00. The highest BCUT2D eigenvalue weighted by atomic mass is 32.2. The van der Waals surface area contributed by atoms with Gasteiger partial charge in [-0.15, -0.1) is 0 Å². The fraction of sp³-hybridized carbons (Fsp3) is 0.517. The second-order valence-electron chi connectivity index (χ2n) is 10.8. The molecular formula is C29H40N4O7S.